The SMILES string of the molecule is C=C(C)c1ccc(C)cc1-c1c(O)cc(CCCCC)cc1OCCOc1cc(CCCCC)cc(O)c1[C@@H]1C[C@@H](C)CC[C@H]1C(C)C.C=C(C)c1ccc(C)cc1-c1c(O)cc(CCCCC)cc1OCCOc1cc(CCCCC)cc(O)c1[C@@H]1C[C@H](C)CC[C@H]1C(C)C. The maximum Gasteiger partial charge on any atom is 0.131 e. The van der Waals surface area contributed by atoms with Gasteiger partial charge in [0.15, 0.2) is 0 Å². The van der Waals surface area contributed by atoms with E-state index >= 15 is 0 Å². The predicted molar refractivity (Wildman–Crippen MR) is 405 cm³/mol. The van der Waals surface area contributed by atoms with Crippen molar-refractivity contribution in [2.75, 3.05) is 26.4 Å². The second-order valence-corrected chi connectivity index (χ2v) is 29.8. The molecule has 0 unspecified atom stereocenters. The van der Waals surface area contributed by atoms with Gasteiger partial charge in [0.25, 0.3) is 0 Å². The number of hydrogen-bond acceptors (Lipinski definition) is 8. The van der Waals surface area contributed by atoms with Gasteiger partial charge in [-0.2, -0.15) is 0 Å². The second kappa shape index (κ2) is 37.8. The van der Waals surface area contributed by atoms with Crippen LogP contribution in [0.4, 0.5) is 0 Å². The highest BCUT2D eigenvalue weighted by atomic mass is 16.5. The molecule has 4 N–H and O–H groups in total. The lowest BCUT2D eigenvalue weighted by atomic mass is 9.67. The number of unbranched alkanes of at least 4 members (excludes halogenated alkanes) is 8. The van der Waals surface area contributed by atoms with Gasteiger partial charge in [-0.05, 0) is 245 Å². The number of rotatable bonds is 34. The molecule has 0 heterocycles. The Balaban J connectivity index is 0.000000271. The molecule has 6 aromatic rings. The summed E-state index contributed by atoms with van der Waals surface area (Å²) in [6, 6.07) is 28.9. The van der Waals surface area contributed by atoms with Crippen LogP contribution in [0.3, 0.4) is 0 Å². The summed E-state index contributed by atoms with van der Waals surface area (Å²) >= 11 is 0. The molecule has 524 valence electrons. The summed E-state index contributed by atoms with van der Waals surface area (Å²) in [5, 5.41) is 46.1. The van der Waals surface area contributed by atoms with Crippen LogP contribution in [0, 0.1) is 49.4 Å². The van der Waals surface area contributed by atoms with Gasteiger partial charge < -0.3 is 39.4 Å². The molecule has 0 bridgehead atoms. The molecule has 0 spiro atoms. The molecule has 6 aromatic carbocycles. The van der Waals surface area contributed by atoms with E-state index in [2.05, 4.69) is 157 Å². The lowest BCUT2D eigenvalue weighted by Crippen LogP contribution is -2.27. The van der Waals surface area contributed by atoms with Crippen LogP contribution < -0.4 is 18.9 Å². The van der Waals surface area contributed by atoms with Gasteiger partial charge in [0.05, 0.1) is 11.1 Å². The quantitative estimate of drug-likeness (QED) is 0.0295. The molecule has 0 aliphatic heterocycles. The number of aromatic hydroxyl groups is 4. The first-order valence-corrected chi connectivity index (χ1v) is 37.6. The van der Waals surface area contributed by atoms with Crippen molar-refractivity contribution in [3.05, 3.63) is 154 Å². The Bertz CT molecular complexity index is 3230. The van der Waals surface area contributed by atoms with E-state index in [0.29, 0.717) is 96.1 Å². The molecular formula is C88H124O8. The third-order valence-corrected chi connectivity index (χ3v) is 20.7. The van der Waals surface area contributed by atoms with E-state index in [4.69, 9.17) is 18.9 Å². The van der Waals surface area contributed by atoms with Gasteiger partial charge in [0, 0.05) is 11.1 Å². The first-order chi connectivity index (χ1) is 46.1. The minimum Gasteiger partial charge on any atom is -0.508 e. The summed E-state index contributed by atoms with van der Waals surface area (Å²) < 4.78 is 26.3. The van der Waals surface area contributed by atoms with Crippen LogP contribution in [-0.2, 0) is 25.7 Å². The van der Waals surface area contributed by atoms with Crippen molar-refractivity contribution in [1.82, 2.24) is 0 Å². The largest absolute Gasteiger partial charge is 0.508 e. The molecule has 6 atom stereocenters. The second-order valence-electron chi connectivity index (χ2n) is 29.8. The van der Waals surface area contributed by atoms with Crippen LogP contribution in [-0.4, -0.2) is 46.9 Å². The standard InChI is InChI=1S/2C44H62O4/c2*1-9-11-13-15-33-25-39(45)43(37-23-31(7)17-19-35(37)29(3)4)41(27-33)47-21-22-48-42-28-34(16-14-12-10-2)26-40(46)44(42)38-24-32(8)18-20-36(38)30(5)6/h2*17,19,23,25-28,30,32,36,38,45-46H,3,9-16,18,20-22,24H2,1-2,4-8H3/t32-,36+,38-;32-,36-,38+/m10/s1. The maximum absolute atomic E-state index is 11.6. The molecule has 96 heavy (non-hydrogen) atoms. The Morgan fingerprint density at radius 1 is 0.417 bits per heavy atom. The normalized spacial score (nSPS) is 17.9. The lowest BCUT2D eigenvalue weighted by molar-refractivity contribution is 0.183. The number of ether oxygens (including phenoxy) is 4. The Morgan fingerprint density at radius 3 is 1.02 bits per heavy atom. The van der Waals surface area contributed by atoms with Crippen LogP contribution in [0.1, 0.15) is 266 Å². The fourth-order valence-electron chi connectivity index (χ4n) is 15.4. The van der Waals surface area contributed by atoms with Gasteiger partial charge in [-0.15, -0.1) is 0 Å². The molecule has 0 amide bonds. The lowest BCUT2D eigenvalue weighted by Gasteiger charge is -2.38. The molecule has 2 aliphatic rings. The van der Waals surface area contributed by atoms with Gasteiger partial charge >= 0.3 is 0 Å². The van der Waals surface area contributed by atoms with Crippen molar-refractivity contribution in [1.29, 1.82) is 0 Å². The first kappa shape index (κ1) is 76.6. The number of aryl methyl sites for hydroxylation is 6. The molecule has 8 rings (SSSR count). The number of allylic oxidation sites excluding steroid dienone is 2. The molecule has 8 nitrogen and oxygen atoms in total. The molecule has 0 aromatic heterocycles. The average molecular weight is 1310 g/mol. The average Bonchev–Trinajstić information content (AvgIpc) is 0.815. The topological polar surface area (TPSA) is 118 Å². The number of benzene rings is 6. The van der Waals surface area contributed by atoms with Crippen molar-refractivity contribution in [2.24, 2.45) is 35.5 Å². The smallest absolute Gasteiger partial charge is 0.131 e. The van der Waals surface area contributed by atoms with Crippen molar-refractivity contribution >= 4 is 11.1 Å². The van der Waals surface area contributed by atoms with E-state index in [9.17, 15) is 20.4 Å². The van der Waals surface area contributed by atoms with E-state index < -0.39 is 0 Å². The molecule has 0 saturated heterocycles. The molecule has 2 aliphatic carbocycles. The highest BCUT2D eigenvalue weighted by Gasteiger charge is 2.37. The Hall–Kier alpha value is -6.80. The fraction of sp³-hybridized carbons (Fsp3) is 0.545. The Kier molecular flexibility index (Phi) is 30.1. The van der Waals surface area contributed by atoms with Gasteiger partial charge in [-0.1, -0.05) is 205 Å². The third-order valence-electron chi connectivity index (χ3n) is 20.7. The zero-order valence-corrected chi connectivity index (χ0v) is 61.9. The molecule has 8 heteroatoms. The molecule has 2 saturated carbocycles. The van der Waals surface area contributed by atoms with Crippen LogP contribution >= 0.6 is 0 Å². The first-order valence-electron chi connectivity index (χ1n) is 37.6. The third kappa shape index (κ3) is 21.1. The predicted octanol–water partition coefficient (Wildman–Crippen LogP) is 24.4. The van der Waals surface area contributed by atoms with E-state index in [1.54, 1.807) is 0 Å². The highest BCUT2D eigenvalue weighted by molar-refractivity contribution is 5.88. The van der Waals surface area contributed by atoms with Gasteiger partial charge in [-0.3, -0.25) is 0 Å². The minimum atomic E-state index is 0.228. The maximum atomic E-state index is 11.6. The van der Waals surface area contributed by atoms with Crippen LogP contribution in [0.2, 0.25) is 0 Å². The highest BCUT2D eigenvalue weighted by Crippen LogP contribution is 2.53. The molecule has 0 radical (unpaired) electrons. The summed E-state index contributed by atoms with van der Waals surface area (Å²) in [7, 11) is 0. The van der Waals surface area contributed by atoms with Gasteiger partial charge in [0.2, 0.25) is 0 Å². The summed E-state index contributed by atoms with van der Waals surface area (Å²) in [5.74, 6) is 7.98. The van der Waals surface area contributed by atoms with E-state index in [-0.39, 0.29) is 23.3 Å². The molecule has 2 fully saturated rings. The van der Waals surface area contributed by atoms with E-state index in [1.807, 2.05) is 38.1 Å². The summed E-state index contributed by atoms with van der Waals surface area (Å²) in [5.41, 5.74) is 15.7. The summed E-state index contributed by atoms with van der Waals surface area (Å²) in [4.78, 5) is 0. The van der Waals surface area contributed by atoms with E-state index in [1.165, 1.54) is 38.5 Å². The minimum absolute atomic E-state index is 0.228. The fourth-order valence-corrected chi connectivity index (χ4v) is 15.4. The molecular weight excluding hydrogens is 1180 g/mol. The van der Waals surface area contributed by atoms with Crippen LogP contribution in [0.25, 0.3) is 33.4 Å². The zero-order valence-electron chi connectivity index (χ0n) is 61.9. The number of hydrogen-bond donors (Lipinski definition) is 4. The Morgan fingerprint density at radius 2 is 0.719 bits per heavy atom. The van der Waals surface area contributed by atoms with E-state index in [0.717, 1.165) is 192 Å². The van der Waals surface area contributed by atoms with Crippen molar-refractivity contribution in [3.63, 3.8) is 0 Å². The Labute approximate surface area is 581 Å². The van der Waals surface area contributed by atoms with Crippen molar-refractivity contribution in [2.45, 2.75) is 250 Å². The van der Waals surface area contributed by atoms with Gasteiger partial charge in [0.1, 0.15) is 72.4 Å². The van der Waals surface area contributed by atoms with Crippen LogP contribution in [0.5, 0.6) is 46.0 Å². The van der Waals surface area contributed by atoms with Crippen molar-refractivity contribution in [3.8, 4) is 68.2 Å². The van der Waals surface area contributed by atoms with Gasteiger partial charge in [-0.25, -0.2) is 0 Å². The summed E-state index contributed by atoms with van der Waals surface area (Å²) in [6.45, 7) is 40.6. The number of phenols is 4. The number of phenolic OH excluding ortho intramolecular Hbond substituents is 4. The zero-order chi connectivity index (χ0) is 69.6. The van der Waals surface area contributed by atoms with Crippen LogP contribution in [0.15, 0.2) is 98.1 Å². The summed E-state index contributed by atoms with van der Waals surface area (Å²) in [6.07, 6.45) is 24.2. The monoisotopic (exact) mass is 1310 g/mol. The van der Waals surface area contributed by atoms with Crippen molar-refractivity contribution < 1.29 is 39.4 Å².